The number of aromatic nitrogens is 3. The van der Waals surface area contributed by atoms with E-state index in [4.69, 9.17) is 0 Å². The summed E-state index contributed by atoms with van der Waals surface area (Å²) in [5.74, 6) is 1.72. The summed E-state index contributed by atoms with van der Waals surface area (Å²) in [7, 11) is 0. The standard InChI is InChI=1S/C20H26N4OS/c1-13(2)11-15(20-21-8-10-26-20)22-19(25)18-16-7-5-6-9-24(16)17(23-18)12-14(3)4/h5-10,13-15H,11-12H2,1-4H3,(H,22,25). The van der Waals surface area contributed by atoms with Crippen LogP contribution in [-0.2, 0) is 6.42 Å². The molecule has 3 aromatic rings. The maximum Gasteiger partial charge on any atom is 0.272 e. The lowest BCUT2D eigenvalue weighted by Crippen LogP contribution is -2.30. The van der Waals surface area contributed by atoms with E-state index in [2.05, 4.69) is 43.0 Å². The number of imidazole rings is 1. The van der Waals surface area contributed by atoms with Gasteiger partial charge in [0, 0.05) is 24.2 Å². The van der Waals surface area contributed by atoms with Crippen molar-refractivity contribution in [3.63, 3.8) is 0 Å². The van der Waals surface area contributed by atoms with Crippen molar-refractivity contribution in [3.05, 3.63) is 52.5 Å². The van der Waals surface area contributed by atoms with Crippen LogP contribution in [0.3, 0.4) is 0 Å². The molecule has 1 N–H and O–H groups in total. The number of nitrogens with zero attached hydrogens (tertiary/aromatic N) is 3. The van der Waals surface area contributed by atoms with Gasteiger partial charge in [0.1, 0.15) is 10.8 Å². The number of hydrogen-bond donors (Lipinski definition) is 1. The van der Waals surface area contributed by atoms with Crippen LogP contribution < -0.4 is 5.32 Å². The van der Waals surface area contributed by atoms with Crippen molar-refractivity contribution in [2.75, 3.05) is 0 Å². The van der Waals surface area contributed by atoms with Crippen molar-refractivity contribution >= 4 is 22.8 Å². The number of nitrogens with one attached hydrogen (secondary N) is 1. The summed E-state index contributed by atoms with van der Waals surface area (Å²) < 4.78 is 2.02. The fourth-order valence-corrected chi connectivity index (χ4v) is 3.81. The zero-order valence-electron chi connectivity index (χ0n) is 15.8. The molecule has 1 amide bonds. The Morgan fingerprint density at radius 3 is 2.69 bits per heavy atom. The molecule has 0 aliphatic rings. The number of amides is 1. The largest absolute Gasteiger partial charge is 0.341 e. The molecule has 0 saturated carbocycles. The van der Waals surface area contributed by atoms with E-state index in [1.165, 1.54) is 0 Å². The van der Waals surface area contributed by atoms with Gasteiger partial charge in [0.2, 0.25) is 0 Å². The second kappa shape index (κ2) is 7.99. The summed E-state index contributed by atoms with van der Waals surface area (Å²) in [6, 6.07) is 5.78. The average molecular weight is 371 g/mol. The number of pyridine rings is 1. The minimum atomic E-state index is -0.135. The Morgan fingerprint density at radius 1 is 1.23 bits per heavy atom. The number of rotatable bonds is 7. The highest BCUT2D eigenvalue weighted by Gasteiger charge is 2.23. The van der Waals surface area contributed by atoms with Gasteiger partial charge in [0.15, 0.2) is 5.69 Å². The first-order valence-electron chi connectivity index (χ1n) is 9.12. The van der Waals surface area contributed by atoms with Crippen LogP contribution in [0.25, 0.3) is 5.52 Å². The second-order valence-electron chi connectivity index (χ2n) is 7.46. The number of fused-ring (bicyclic) bond motifs is 1. The topological polar surface area (TPSA) is 59.3 Å². The molecule has 3 heterocycles. The van der Waals surface area contributed by atoms with Gasteiger partial charge in [-0.05, 0) is 30.4 Å². The van der Waals surface area contributed by atoms with Gasteiger partial charge in [-0.1, -0.05) is 33.8 Å². The SMILES string of the molecule is CC(C)Cc1nc(C(=O)NC(CC(C)C)c2nccs2)c2ccccn12. The maximum absolute atomic E-state index is 13.0. The Labute approximate surface area is 158 Å². The van der Waals surface area contributed by atoms with Crippen LogP contribution in [0.5, 0.6) is 0 Å². The van der Waals surface area contributed by atoms with Crippen molar-refractivity contribution < 1.29 is 4.79 Å². The molecule has 5 nitrogen and oxygen atoms in total. The van der Waals surface area contributed by atoms with Crippen molar-refractivity contribution in [1.82, 2.24) is 19.7 Å². The third-order valence-corrected chi connectivity index (χ3v) is 5.08. The molecule has 0 radical (unpaired) electrons. The molecule has 0 spiro atoms. The molecule has 0 bridgehead atoms. The molecule has 0 fully saturated rings. The van der Waals surface area contributed by atoms with E-state index >= 15 is 0 Å². The zero-order valence-corrected chi connectivity index (χ0v) is 16.6. The van der Waals surface area contributed by atoms with Crippen molar-refractivity contribution in [2.24, 2.45) is 11.8 Å². The average Bonchev–Trinajstić information content (AvgIpc) is 3.22. The van der Waals surface area contributed by atoms with Crippen LogP contribution in [-0.4, -0.2) is 20.3 Å². The smallest absolute Gasteiger partial charge is 0.272 e. The predicted octanol–water partition coefficient (Wildman–Crippen LogP) is 4.51. The number of carbonyl (C=O) groups is 1. The molecule has 3 aromatic heterocycles. The van der Waals surface area contributed by atoms with Crippen LogP contribution in [0.15, 0.2) is 36.0 Å². The first-order chi connectivity index (χ1) is 12.5. The van der Waals surface area contributed by atoms with E-state index in [1.807, 2.05) is 34.2 Å². The molecule has 1 atom stereocenters. The molecule has 0 aromatic carbocycles. The summed E-state index contributed by atoms with van der Waals surface area (Å²) in [5, 5.41) is 6.05. The van der Waals surface area contributed by atoms with E-state index in [-0.39, 0.29) is 11.9 Å². The normalized spacial score (nSPS) is 12.8. The lowest BCUT2D eigenvalue weighted by atomic mass is 10.0. The van der Waals surface area contributed by atoms with E-state index < -0.39 is 0 Å². The first kappa shape index (κ1) is 18.6. The van der Waals surface area contributed by atoms with E-state index in [0.717, 1.165) is 29.2 Å². The van der Waals surface area contributed by atoms with Gasteiger partial charge in [-0.15, -0.1) is 11.3 Å². The zero-order chi connectivity index (χ0) is 18.7. The minimum absolute atomic E-state index is 0.0866. The van der Waals surface area contributed by atoms with E-state index in [9.17, 15) is 4.79 Å². The highest BCUT2D eigenvalue weighted by molar-refractivity contribution is 7.09. The Hall–Kier alpha value is -2.21. The summed E-state index contributed by atoms with van der Waals surface area (Å²) in [5.41, 5.74) is 1.34. The molecule has 6 heteroatoms. The summed E-state index contributed by atoms with van der Waals surface area (Å²) >= 11 is 1.58. The molecule has 3 rings (SSSR count). The van der Waals surface area contributed by atoms with E-state index in [0.29, 0.717) is 17.5 Å². The van der Waals surface area contributed by atoms with Crippen LogP contribution in [0, 0.1) is 11.8 Å². The number of carbonyl (C=O) groups excluding carboxylic acids is 1. The van der Waals surface area contributed by atoms with Crippen LogP contribution >= 0.6 is 11.3 Å². The van der Waals surface area contributed by atoms with Gasteiger partial charge in [0.25, 0.3) is 5.91 Å². The Kier molecular flexibility index (Phi) is 5.71. The first-order valence-corrected chi connectivity index (χ1v) is 10.00. The summed E-state index contributed by atoms with van der Waals surface area (Å²) in [4.78, 5) is 22.1. The van der Waals surface area contributed by atoms with Gasteiger partial charge in [-0.2, -0.15) is 0 Å². The molecule has 0 saturated heterocycles. The fourth-order valence-electron chi connectivity index (χ4n) is 3.10. The molecule has 0 aliphatic carbocycles. The molecule has 1 unspecified atom stereocenters. The number of thiazole rings is 1. The van der Waals surface area contributed by atoms with Gasteiger partial charge >= 0.3 is 0 Å². The predicted molar refractivity (Wildman–Crippen MR) is 106 cm³/mol. The van der Waals surface area contributed by atoms with Gasteiger partial charge < -0.3 is 9.72 Å². The highest BCUT2D eigenvalue weighted by Crippen LogP contribution is 2.24. The van der Waals surface area contributed by atoms with Crippen molar-refractivity contribution in [2.45, 2.75) is 46.6 Å². The molecular formula is C20H26N4OS. The van der Waals surface area contributed by atoms with Crippen LogP contribution in [0.2, 0.25) is 0 Å². The van der Waals surface area contributed by atoms with E-state index in [1.54, 1.807) is 17.5 Å². The summed E-state index contributed by atoms with van der Waals surface area (Å²) in [6.07, 6.45) is 5.44. The molecule has 138 valence electrons. The lowest BCUT2D eigenvalue weighted by molar-refractivity contribution is 0.0929. The Morgan fingerprint density at radius 2 is 2.04 bits per heavy atom. The molecular weight excluding hydrogens is 344 g/mol. The third-order valence-electron chi connectivity index (χ3n) is 4.19. The fraction of sp³-hybridized carbons (Fsp3) is 0.450. The van der Waals surface area contributed by atoms with Crippen LogP contribution in [0.1, 0.15) is 61.5 Å². The highest BCUT2D eigenvalue weighted by atomic mass is 32.1. The van der Waals surface area contributed by atoms with Gasteiger partial charge in [-0.3, -0.25) is 4.79 Å². The lowest BCUT2D eigenvalue weighted by Gasteiger charge is -2.18. The van der Waals surface area contributed by atoms with Crippen molar-refractivity contribution in [1.29, 1.82) is 0 Å². The molecule has 0 aliphatic heterocycles. The maximum atomic E-state index is 13.0. The Balaban J connectivity index is 1.91. The Bertz CT molecular complexity index is 867. The quantitative estimate of drug-likeness (QED) is 0.666. The van der Waals surface area contributed by atoms with Crippen LogP contribution in [0.4, 0.5) is 0 Å². The molecule has 26 heavy (non-hydrogen) atoms. The summed E-state index contributed by atoms with van der Waals surface area (Å²) in [6.45, 7) is 8.62. The monoisotopic (exact) mass is 370 g/mol. The minimum Gasteiger partial charge on any atom is -0.341 e. The van der Waals surface area contributed by atoms with Gasteiger partial charge in [-0.25, -0.2) is 9.97 Å². The second-order valence-corrected chi connectivity index (χ2v) is 8.38. The number of hydrogen-bond acceptors (Lipinski definition) is 4. The van der Waals surface area contributed by atoms with Crippen molar-refractivity contribution in [3.8, 4) is 0 Å². The van der Waals surface area contributed by atoms with Gasteiger partial charge in [0.05, 0.1) is 11.6 Å². The third kappa shape index (κ3) is 4.12.